The molecule has 21 heavy (non-hydrogen) atoms. The third-order valence-electron chi connectivity index (χ3n) is 4.08. The van der Waals surface area contributed by atoms with Gasteiger partial charge in [0.05, 0.1) is 29.5 Å². The van der Waals surface area contributed by atoms with Crippen molar-refractivity contribution in [3.8, 4) is 0 Å². The minimum atomic E-state index is -0.00976. The van der Waals surface area contributed by atoms with Crippen molar-refractivity contribution in [3.05, 3.63) is 51.0 Å². The van der Waals surface area contributed by atoms with E-state index in [1.54, 1.807) is 11.3 Å². The molecule has 4 nitrogen and oxygen atoms in total. The van der Waals surface area contributed by atoms with Crippen molar-refractivity contribution < 1.29 is 4.74 Å². The number of fused-ring (bicyclic) bond motifs is 1. The summed E-state index contributed by atoms with van der Waals surface area (Å²) < 4.78 is 6.00. The molecule has 2 unspecified atom stereocenters. The van der Waals surface area contributed by atoms with Gasteiger partial charge in [0.15, 0.2) is 0 Å². The number of benzene rings is 1. The second kappa shape index (κ2) is 6.23. The van der Waals surface area contributed by atoms with Crippen LogP contribution in [0, 0.1) is 13.8 Å². The van der Waals surface area contributed by atoms with Crippen molar-refractivity contribution in [2.45, 2.75) is 38.8 Å². The predicted molar refractivity (Wildman–Crippen MR) is 85.2 cm³/mol. The molecule has 0 saturated heterocycles. The van der Waals surface area contributed by atoms with Crippen molar-refractivity contribution in [1.29, 1.82) is 0 Å². The number of rotatable bonds is 4. The summed E-state index contributed by atoms with van der Waals surface area (Å²) in [5.74, 6) is 5.80. The van der Waals surface area contributed by atoms with Crippen LogP contribution < -0.4 is 11.3 Å². The van der Waals surface area contributed by atoms with Crippen LogP contribution >= 0.6 is 11.3 Å². The molecule has 0 bridgehead atoms. The summed E-state index contributed by atoms with van der Waals surface area (Å²) in [4.78, 5) is 5.89. The Morgan fingerprint density at radius 2 is 2.24 bits per heavy atom. The van der Waals surface area contributed by atoms with Crippen molar-refractivity contribution >= 4 is 11.3 Å². The fraction of sp³-hybridized carbons (Fsp3) is 0.438. The van der Waals surface area contributed by atoms with Crippen LogP contribution in [0.1, 0.15) is 32.8 Å². The van der Waals surface area contributed by atoms with Crippen molar-refractivity contribution in [2.75, 3.05) is 6.61 Å². The zero-order valence-electron chi connectivity index (χ0n) is 12.4. The highest BCUT2D eigenvalue weighted by atomic mass is 32.1. The van der Waals surface area contributed by atoms with Crippen molar-refractivity contribution in [3.63, 3.8) is 0 Å². The van der Waals surface area contributed by atoms with Gasteiger partial charge in [-0.2, -0.15) is 0 Å². The molecule has 2 heterocycles. The normalized spacial score (nSPS) is 19.3. The Labute approximate surface area is 129 Å². The molecule has 0 spiro atoms. The van der Waals surface area contributed by atoms with E-state index in [-0.39, 0.29) is 12.1 Å². The van der Waals surface area contributed by atoms with Crippen LogP contribution in [0.25, 0.3) is 0 Å². The van der Waals surface area contributed by atoms with Crippen LogP contribution in [0.15, 0.2) is 24.3 Å². The van der Waals surface area contributed by atoms with E-state index in [1.807, 2.05) is 6.92 Å². The summed E-state index contributed by atoms with van der Waals surface area (Å²) in [5.41, 5.74) is 6.65. The van der Waals surface area contributed by atoms with E-state index in [0.717, 1.165) is 30.2 Å². The van der Waals surface area contributed by atoms with Gasteiger partial charge in [0.25, 0.3) is 0 Å². The predicted octanol–water partition coefficient (Wildman–Crippen LogP) is 2.45. The summed E-state index contributed by atoms with van der Waals surface area (Å²) in [5, 5.41) is 1.11. The lowest BCUT2D eigenvalue weighted by Gasteiger charge is -2.31. The van der Waals surface area contributed by atoms with E-state index in [4.69, 9.17) is 10.6 Å². The van der Waals surface area contributed by atoms with Gasteiger partial charge in [-0.05, 0) is 31.4 Å². The Balaban J connectivity index is 1.84. The van der Waals surface area contributed by atoms with Gasteiger partial charge in [-0.1, -0.05) is 24.3 Å². The van der Waals surface area contributed by atoms with E-state index in [1.165, 1.54) is 16.0 Å². The molecular formula is C16H21N3OS. The van der Waals surface area contributed by atoms with Gasteiger partial charge in [-0.3, -0.25) is 11.3 Å². The standard InChI is InChI=1S/C16H21N3OS/c1-10-11(2)21-15(18-10)9-14(19-17)16-13-6-4-3-5-12(13)7-8-20-16/h3-6,14,16,19H,7-9,17H2,1-2H3. The van der Waals surface area contributed by atoms with Crippen LogP contribution in [-0.4, -0.2) is 17.6 Å². The molecule has 1 aliphatic rings. The molecule has 1 aromatic carbocycles. The fourth-order valence-electron chi connectivity index (χ4n) is 2.83. The largest absolute Gasteiger partial charge is 0.371 e. The third-order valence-corrected chi connectivity index (χ3v) is 5.17. The monoisotopic (exact) mass is 303 g/mol. The molecule has 2 atom stereocenters. The van der Waals surface area contributed by atoms with Crippen LogP contribution in [-0.2, 0) is 17.6 Å². The lowest BCUT2D eigenvalue weighted by molar-refractivity contribution is 0.0154. The van der Waals surface area contributed by atoms with Crippen LogP contribution in [0.4, 0.5) is 0 Å². The van der Waals surface area contributed by atoms with Gasteiger partial charge in [0.2, 0.25) is 0 Å². The number of hydrogen-bond donors (Lipinski definition) is 2. The van der Waals surface area contributed by atoms with E-state index in [9.17, 15) is 0 Å². The Morgan fingerprint density at radius 1 is 1.43 bits per heavy atom. The first-order valence-corrected chi connectivity index (χ1v) is 8.09. The van der Waals surface area contributed by atoms with Gasteiger partial charge in [0.1, 0.15) is 0 Å². The quantitative estimate of drug-likeness (QED) is 0.673. The molecule has 3 N–H and O–H groups in total. The van der Waals surface area contributed by atoms with E-state index < -0.39 is 0 Å². The molecule has 0 aliphatic carbocycles. The first kappa shape index (κ1) is 14.7. The molecule has 0 amide bonds. The Kier molecular flexibility index (Phi) is 4.35. The molecule has 0 saturated carbocycles. The molecule has 1 aliphatic heterocycles. The maximum Gasteiger partial charge on any atom is 0.0998 e. The summed E-state index contributed by atoms with van der Waals surface area (Å²) in [6.07, 6.45) is 1.75. The lowest BCUT2D eigenvalue weighted by atomic mass is 9.92. The zero-order valence-corrected chi connectivity index (χ0v) is 13.2. The topological polar surface area (TPSA) is 60.2 Å². The number of aromatic nitrogens is 1. The van der Waals surface area contributed by atoms with Crippen LogP contribution in [0.3, 0.4) is 0 Å². The number of aryl methyl sites for hydroxylation is 2. The van der Waals surface area contributed by atoms with E-state index >= 15 is 0 Å². The molecule has 2 aromatic rings. The molecule has 112 valence electrons. The molecule has 5 heteroatoms. The number of nitrogens with one attached hydrogen (secondary N) is 1. The average Bonchev–Trinajstić information content (AvgIpc) is 2.82. The second-order valence-electron chi connectivity index (χ2n) is 5.47. The SMILES string of the molecule is Cc1nc(CC(NN)C2OCCc3ccccc32)sc1C. The molecule has 0 radical (unpaired) electrons. The fourth-order valence-corrected chi connectivity index (χ4v) is 3.82. The Morgan fingerprint density at radius 3 is 2.95 bits per heavy atom. The number of ether oxygens (including phenoxy) is 1. The van der Waals surface area contributed by atoms with Gasteiger partial charge >= 0.3 is 0 Å². The maximum absolute atomic E-state index is 6.00. The number of hydrazine groups is 1. The lowest BCUT2D eigenvalue weighted by Crippen LogP contribution is -2.43. The number of nitrogens with zero attached hydrogens (tertiary/aromatic N) is 1. The maximum atomic E-state index is 6.00. The Bertz CT molecular complexity index is 606. The highest BCUT2D eigenvalue weighted by molar-refractivity contribution is 7.11. The number of hydrogen-bond acceptors (Lipinski definition) is 5. The van der Waals surface area contributed by atoms with Gasteiger partial charge in [-0.15, -0.1) is 11.3 Å². The van der Waals surface area contributed by atoms with Crippen LogP contribution in [0.5, 0.6) is 0 Å². The first-order valence-electron chi connectivity index (χ1n) is 7.27. The molecule has 1 aromatic heterocycles. The van der Waals surface area contributed by atoms with E-state index in [2.05, 4.69) is 41.6 Å². The minimum Gasteiger partial charge on any atom is -0.371 e. The van der Waals surface area contributed by atoms with Crippen molar-refractivity contribution in [2.24, 2.45) is 5.84 Å². The number of thiazole rings is 1. The number of nitrogens with two attached hydrogens (primary N) is 1. The zero-order chi connectivity index (χ0) is 14.8. The third kappa shape index (κ3) is 3.01. The van der Waals surface area contributed by atoms with Crippen molar-refractivity contribution in [1.82, 2.24) is 10.4 Å². The van der Waals surface area contributed by atoms with E-state index in [0.29, 0.717) is 0 Å². The van der Waals surface area contributed by atoms with Crippen LogP contribution in [0.2, 0.25) is 0 Å². The highest BCUT2D eigenvalue weighted by Gasteiger charge is 2.29. The van der Waals surface area contributed by atoms with Gasteiger partial charge in [-0.25, -0.2) is 4.98 Å². The second-order valence-corrected chi connectivity index (χ2v) is 6.75. The smallest absolute Gasteiger partial charge is 0.0998 e. The van der Waals surface area contributed by atoms with Gasteiger partial charge < -0.3 is 4.74 Å². The average molecular weight is 303 g/mol. The van der Waals surface area contributed by atoms with Gasteiger partial charge in [0, 0.05) is 11.3 Å². The highest BCUT2D eigenvalue weighted by Crippen LogP contribution is 2.31. The minimum absolute atomic E-state index is 0.00976. The Hall–Kier alpha value is -1.27. The summed E-state index contributed by atoms with van der Waals surface area (Å²) in [6, 6.07) is 8.50. The first-order chi connectivity index (χ1) is 10.2. The summed E-state index contributed by atoms with van der Waals surface area (Å²) >= 11 is 1.74. The summed E-state index contributed by atoms with van der Waals surface area (Å²) in [6.45, 7) is 4.90. The summed E-state index contributed by atoms with van der Waals surface area (Å²) in [7, 11) is 0. The molecule has 3 rings (SSSR count). The molecular weight excluding hydrogens is 282 g/mol. The molecule has 0 fully saturated rings.